The summed E-state index contributed by atoms with van der Waals surface area (Å²) in [6.07, 6.45) is 6.95. The summed E-state index contributed by atoms with van der Waals surface area (Å²) in [6.45, 7) is 2.12. The van der Waals surface area contributed by atoms with Crippen LogP contribution in [0.5, 0.6) is 0 Å². The molecule has 1 saturated carbocycles. The van der Waals surface area contributed by atoms with Crippen LogP contribution in [0.15, 0.2) is 10.7 Å². The monoisotopic (exact) mass is 224 g/mol. The number of carboxylic acids is 1. The molecule has 1 aromatic heterocycles. The molecule has 1 heterocycles. The third-order valence-electron chi connectivity index (χ3n) is 3.09. The van der Waals surface area contributed by atoms with E-state index in [1.54, 1.807) is 0 Å². The second kappa shape index (κ2) is 4.15. The molecule has 0 aliphatic heterocycles. The van der Waals surface area contributed by atoms with E-state index in [0.717, 1.165) is 19.1 Å². The van der Waals surface area contributed by atoms with Gasteiger partial charge in [-0.2, -0.15) is 4.98 Å². The number of aromatic nitrogens is 1. The van der Waals surface area contributed by atoms with Crippen LogP contribution in [0, 0.1) is 0 Å². The molecule has 0 spiro atoms. The van der Waals surface area contributed by atoms with Crippen LogP contribution in [0.4, 0.5) is 6.01 Å². The lowest BCUT2D eigenvalue weighted by Gasteiger charge is -2.33. The highest BCUT2D eigenvalue weighted by atomic mass is 16.4. The van der Waals surface area contributed by atoms with E-state index in [-0.39, 0.29) is 11.2 Å². The van der Waals surface area contributed by atoms with Crippen molar-refractivity contribution in [3.05, 3.63) is 12.0 Å². The quantitative estimate of drug-likeness (QED) is 0.825. The first kappa shape index (κ1) is 11.0. The number of aromatic carboxylic acids is 1. The van der Waals surface area contributed by atoms with E-state index in [9.17, 15) is 4.79 Å². The maximum atomic E-state index is 10.6. The largest absolute Gasteiger partial charge is 0.476 e. The van der Waals surface area contributed by atoms with E-state index in [4.69, 9.17) is 9.52 Å². The summed E-state index contributed by atoms with van der Waals surface area (Å²) in [4.78, 5) is 14.5. The highest BCUT2D eigenvalue weighted by Gasteiger charge is 2.28. The molecule has 0 bridgehead atoms. The van der Waals surface area contributed by atoms with Gasteiger partial charge in [-0.05, 0) is 19.8 Å². The first-order valence-electron chi connectivity index (χ1n) is 5.56. The van der Waals surface area contributed by atoms with Gasteiger partial charge in [-0.25, -0.2) is 4.79 Å². The number of rotatable bonds is 3. The number of carbonyl (C=O) groups is 1. The van der Waals surface area contributed by atoms with Crippen molar-refractivity contribution in [3.8, 4) is 0 Å². The number of nitrogens with one attached hydrogen (secondary N) is 1. The van der Waals surface area contributed by atoms with Gasteiger partial charge in [0.05, 0.1) is 0 Å². The van der Waals surface area contributed by atoms with Crippen LogP contribution >= 0.6 is 0 Å². The molecule has 2 N–H and O–H groups in total. The second-order valence-corrected chi connectivity index (χ2v) is 4.59. The summed E-state index contributed by atoms with van der Waals surface area (Å²) >= 11 is 0. The minimum Gasteiger partial charge on any atom is -0.476 e. The number of hydrogen-bond acceptors (Lipinski definition) is 4. The maximum absolute atomic E-state index is 10.6. The van der Waals surface area contributed by atoms with E-state index in [2.05, 4.69) is 17.2 Å². The van der Waals surface area contributed by atoms with Gasteiger partial charge in [0.25, 0.3) is 6.01 Å². The molecule has 1 aromatic rings. The van der Waals surface area contributed by atoms with E-state index < -0.39 is 5.97 Å². The lowest BCUT2D eigenvalue weighted by molar-refractivity contribution is 0.0690. The van der Waals surface area contributed by atoms with Crippen molar-refractivity contribution >= 4 is 12.0 Å². The van der Waals surface area contributed by atoms with E-state index >= 15 is 0 Å². The summed E-state index contributed by atoms with van der Waals surface area (Å²) in [5.41, 5.74) is -0.0688. The van der Waals surface area contributed by atoms with Gasteiger partial charge in [0.1, 0.15) is 6.26 Å². The Labute approximate surface area is 93.9 Å². The molecule has 0 amide bonds. The summed E-state index contributed by atoms with van der Waals surface area (Å²) in [5.74, 6) is -1.06. The van der Waals surface area contributed by atoms with Gasteiger partial charge in [-0.15, -0.1) is 0 Å². The molecule has 0 saturated heterocycles. The zero-order valence-electron chi connectivity index (χ0n) is 9.32. The third-order valence-corrected chi connectivity index (χ3v) is 3.09. The minimum absolute atomic E-state index is 0.0150. The predicted octanol–water partition coefficient (Wildman–Crippen LogP) is 2.51. The van der Waals surface area contributed by atoms with Gasteiger partial charge >= 0.3 is 5.97 Å². The van der Waals surface area contributed by atoms with Crippen molar-refractivity contribution in [2.45, 2.75) is 44.6 Å². The average Bonchev–Trinajstić information content (AvgIpc) is 2.66. The molecule has 5 nitrogen and oxygen atoms in total. The fourth-order valence-electron chi connectivity index (χ4n) is 2.14. The van der Waals surface area contributed by atoms with Crippen LogP contribution in [-0.2, 0) is 0 Å². The first-order chi connectivity index (χ1) is 7.59. The molecular weight excluding hydrogens is 208 g/mol. The number of nitrogens with zero attached hydrogens (tertiary/aromatic N) is 1. The molecule has 1 aliphatic carbocycles. The fourth-order valence-corrected chi connectivity index (χ4v) is 2.14. The Morgan fingerprint density at radius 1 is 1.50 bits per heavy atom. The molecule has 0 unspecified atom stereocenters. The Bertz CT molecular complexity index is 380. The van der Waals surface area contributed by atoms with E-state index in [1.807, 2.05) is 0 Å². The molecule has 0 atom stereocenters. The molecule has 0 radical (unpaired) electrons. The van der Waals surface area contributed by atoms with Gasteiger partial charge in [0.2, 0.25) is 0 Å². The van der Waals surface area contributed by atoms with E-state index in [0.29, 0.717) is 6.01 Å². The SMILES string of the molecule is CC1(Nc2nc(C(=O)O)co2)CCCCC1. The van der Waals surface area contributed by atoms with Crippen LogP contribution < -0.4 is 5.32 Å². The number of anilines is 1. The average molecular weight is 224 g/mol. The molecule has 88 valence electrons. The Kier molecular flexibility index (Phi) is 2.85. The van der Waals surface area contributed by atoms with Crippen molar-refractivity contribution in [2.24, 2.45) is 0 Å². The molecule has 16 heavy (non-hydrogen) atoms. The van der Waals surface area contributed by atoms with Crippen LogP contribution in [0.2, 0.25) is 0 Å². The smallest absolute Gasteiger partial charge is 0.357 e. The zero-order chi connectivity index (χ0) is 11.6. The van der Waals surface area contributed by atoms with Crippen LogP contribution in [-0.4, -0.2) is 21.6 Å². The maximum Gasteiger partial charge on any atom is 0.357 e. The summed E-state index contributed by atoms with van der Waals surface area (Å²) in [6, 6.07) is 0.307. The third kappa shape index (κ3) is 2.35. The van der Waals surface area contributed by atoms with Crippen molar-refractivity contribution in [3.63, 3.8) is 0 Å². The molecule has 0 aromatic carbocycles. The van der Waals surface area contributed by atoms with Gasteiger partial charge < -0.3 is 14.8 Å². The topological polar surface area (TPSA) is 75.4 Å². The second-order valence-electron chi connectivity index (χ2n) is 4.59. The molecular formula is C11H16N2O3. The fraction of sp³-hybridized carbons (Fsp3) is 0.636. The number of oxazole rings is 1. The number of hydrogen-bond donors (Lipinski definition) is 2. The van der Waals surface area contributed by atoms with Crippen LogP contribution in [0.3, 0.4) is 0 Å². The van der Waals surface area contributed by atoms with Crippen molar-refractivity contribution in [2.75, 3.05) is 5.32 Å². The van der Waals surface area contributed by atoms with Gasteiger partial charge in [0.15, 0.2) is 5.69 Å². The first-order valence-corrected chi connectivity index (χ1v) is 5.56. The standard InChI is InChI=1S/C11H16N2O3/c1-11(5-3-2-4-6-11)13-10-12-8(7-16-10)9(14)15/h7H,2-6H2,1H3,(H,12,13)(H,14,15). The molecule has 1 fully saturated rings. The summed E-state index contributed by atoms with van der Waals surface area (Å²) in [5, 5.41) is 11.9. The van der Waals surface area contributed by atoms with Crippen LogP contribution in [0.25, 0.3) is 0 Å². The van der Waals surface area contributed by atoms with E-state index in [1.165, 1.54) is 19.3 Å². The van der Waals surface area contributed by atoms with Gasteiger partial charge in [-0.3, -0.25) is 0 Å². The lowest BCUT2D eigenvalue weighted by Crippen LogP contribution is -2.36. The Balaban J connectivity index is 2.04. The van der Waals surface area contributed by atoms with Crippen molar-refractivity contribution < 1.29 is 14.3 Å². The van der Waals surface area contributed by atoms with Crippen LogP contribution in [0.1, 0.15) is 49.5 Å². The predicted molar refractivity (Wildman–Crippen MR) is 58.6 cm³/mol. The molecule has 5 heteroatoms. The summed E-state index contributed by atoms with van der Waals surface area (Å²) < 4.78 is 5.09. The Morgan fingerprint density at radius 3 is 2.75 bits per heavy atom. The molecule has 1 aliphatic rings. The lowest BCUT2D eigenvalue weighted by atomic mass is 9.83. The van der Waals surface area contributed by atoms with Gasteiger partial charge in [-0.1, -0.05) is 19.3 Å². The highest BCUT2D eigenvalue weighted by molar-refractivity contribution is 5.85. The zero-order valence-corrected chi connectivity index (χ0v) is 9.32. The van der Waals surface area contributed by atoms with Gasteiger partial charge in [0, 0.05) is 5.54 Å². The normalized spacial score (nSPS) is 19.3. The molecule has 2 rings (SSSR count). The summed E-state index contributed by atoms with van der Waals surface area (Å²) in [7, 11) is 0. The van der Waals surface area contributed by atoms with Crippen molar-refractivity contribution in [1.29, 1.82) is 0 Å². The highest BCUT2D eigenvalue weighted by Crippen LogP contribution is 2.30. The Hall–Kier alpha value is -1.52. The Morgan fingerprint density at radius 2 is 2.19 bits per heavy atom. The van der Waals surface area contributed by atoms with Crippen molar-refractivity contribution in [1.82, 2.24) is 4.98 Å². The number of carboxylic acid groups (broad SMARTS) is 1. The minimum atomic E-state index is -1.06.